The molecular formula is C22H27F6N5O6P2S. The van der Waals surface area contributed by atoms with Crippen molar-refractivity contribution >= 4 is 43.6 Å². The molecule has 0 aliphatic carbocycles. The molecule has 20 heteroatoms. The number of aromatic nitrogens is 4. The van der Waals surface area contributed by atoms with Crippen molar-refractivity contribution < 1.29 is 54.7 Å². The van der Waals surface area contributed by atoms with Crippen LogP contribution < -0.4 is 10.5 Å². The number of ether oxygens (including phenoxy) is 2. The lowest BCUT2D eigenvalue weighted by Gasteiger charge is -2.30. The Morgan fingerprint density at radius 3 is 2.21 bits per heavy atom. The van der Waals surface area contributed by atoms with Crippen molar-refractivity contribution in [3.8, 4) is 5.75 Å². The zero-order valence-corrected chi connectivity index (χ0v) is 24.6. The van der Waals surface area contributed by atoms with Crippen LogP contribution in [0.15, 0.2) is 40.5 Å². The molecule has 11 nitrogen and oxygen atoms in total. The van der Waals surface area contributed by atoms with Gasteiger partial charge in [-0.25, -0.2) is 9.97 Å². The van der Waals surface area contributed by atoms with Gasteiger partial charge in [-0.1, -0.05) is 30.8 Å². The molecule has 42 heavy (non-hydrogen) atoms. The normalized spacial score (nSPS) is 17.0. The van der Waals surface area contributed by atoms with E-state index in [1.165, 1.54) is 10.9 Å². The molecular weight excluding hydrogens is 638 g/mol. The van der Waals surface area contributed by atoms with Gasteiger partial charge >= 0.3 is 12.4 Å². The summed E-state index contributed by atoms with van der Waals surface area (Å²) in [5.74, 6) is 0.377. The van der Waals surface area contributed by atoms with Crippen LogP contribution in [-0.4, -0.2) is 72.3 Å². The number of nitrogen functional groups attached to an aromatic ring is 1. The lowest BCUT2D eigenvalue weighted by atomic mass is 10.3. The van der Waals surface area contributed by atoms with Crippen molar-refractivity contribution in [3.05, 3.63) is 30.6 Å². The van der Waals surface area contributed by atoms with Gasteiger partial charge in [0.15, 0.2) is 5.65 Å². The maximum absolute atomic E-state index is 12.9. The highest BCUT2D eigenvalue weighted by atomic mass is 32.2. The third-order valence-corrected chi connectivity index (χ3v) is 11.7. The SMILES string of the molecule is CCCOc1ccccc1Sc1nc(N)nc2c1ncn2CC(C)OC(P(=O)(O)CC(F)(F)F)P(=O)(O)CC(F)(F)F. The molecule has 234 valence electrons. The number of fused-ring (bicyclic) bond motifs is 1. The monoisotopic (exact) mass is 665 g/mol. The van der Waals surface area contributed by atoms with E-state index < -0.39 is 57.6 Å². The molecule has 0 radical (unpaired) electrons. The Kier molecular flexibility index (Phi) is 10.6. The van der Waals surface area contributed by atoms with Crippen LogP contribution >= 0.6 is 26.5 Å². The second kappa shape index (κ2) is 13.1. The van der Waals surface area contributed by atoms with Crippen LogP contribution in [0.1, 0.15) is 20.3 Å². The Labute approximate surface area is 239 Å². The third kappa shape index (κ3) is 9.32. The van der Waals surface area contributed by atoms with Crippen molar-refractivity contribution in [3.63, 3.8) is 0 Å². The zero-order chi connectivity index (χ0) is 31.5. The highest BCUT2D eigenvalue weighted by Crippen LogP contribution is 2.67. The first kappa shape index (κ1) is 34.1. The van der Waals surface area contributed by atoms with Crippen LogP contribution in [0.3, 0.4) is 0 Å². The van der Waals surface area contributed by atoms with E-state index in [4.69, 9.17) is 15.2 Å². The average molecular weight is 665 g/mol. The Morgan fingerprint density at radius 1 is 1.05 bits per heavy atom. The number of nitrogens with two attached hydrogens (primary N) is 1. The highest BCUT2D eigenvalue weighted by molar-refractivity contribution is 7.99. The third-order valence-electron chi connectivity index (χ3n) is 5.28. The van der Waals surface area contributed by atoms with E-state index in [-0.39, 0.29) is 17.1 Å². The van der Waals surface area contributed by atoms with Gasteiger partial charge in [-0.15, -0.1) is 0 Å². The summed E-state index contributed by atoms with van der Waals surface area (Å²) in [6.07, 6.45) is -15.2. The summed E-state index contributed by atoms with van der Waals surface area (Å²) in [4.78, 5) is 33.2. The summed E-state index contributed by atoms with van der Waals surface area (Å²) in [6, 6.07) is 7.08. The molecule has 0 fully saturated rings. The van der Waals surface area contributed by atoms with Crippen molar-refractivity contribution in [2.24, 2.45) is 0 Å². The Balaban J connectivity index is 1.92. The quantitative estimate of drug-likeness (QED) is 0.117. The standard InChI is InChI=1S/C22H27F6N5O6P2S/c1-3-8-38-14-6-4-5-7-15(14)42-18-16-17(31-19(29)32-18)33(12-30-16)9-13(2)39-20(40(34,35)10-21(23,24)25)41(36,37)11-22(26,27)28/h4-7,12-13,20H,3,8-11H2,1-2H3,(H,34,35)(H,36,37)(H2,29,31,32). The number of hydrogen-bond acceptors (Lipinski definition) is 9. The molecule has 3 unspecified atom stereocenters. The first-order valence-electron chi connectivity index (χ1n) is 12.1. The van der Waals surface area contributed by atoms with Crippen LogP contribution in [0.25, 0.3) is 11.2 Å². The molecule has 3 atom stereocenters. The summed E-state index contributed by atoms with van der Waals surface area (Å²) in [7, 11) is -11.7. The fraction of sp³-hybridized carbons (Fsp3) is 0.500. The van der Waals surface area contributed by atoms with E-state index in [1.54, 1.807) is 24.3 Å². The second-order valence-electron chi connectivity index (χ2n) is 9.18. The maximum atomic E-state index is 12.9. The molecule has 0 aliphatic heterocycles. The molecule has 0 amide bonds. The lowest BCUT2D eigenvalue weighted by molar-refractivity contribution is -0.109. The molecule has 0 aliphatic rings. The van der Waals surface area contributed by atoms with E-state index in [9.17, 15) is 45.3 Å². The number of rotatable bonds is 13. The van der Waals surface area contributed by atoms with Crippen molar-refractivity contribution in [2.45, 2.75) is 60.8 Å². The summed E-state index contributed by atoms with van der Waals surface area (Å²) in [6.45, 7) is 3.11. The Bertz CT molecular complexity index is 1450. The summed E-state index contributed by atoms with van der Waals surface area (Å²) in [5.41, 5.74) is 3.02. The largest absolute Gasteiger partial charge is 0.492 e. The van der Waals surface area contributed by atoms with Gasteiger partial charge in [-0.3, -0.25) is 9.13 Å². The molecule has 0 bridgehead atoms. The van der Waals surface area contributed by atoms with Gasteiger partial charge in [0, 0.05) is 0 Å². The molecule has 0 saturated carbocycles. The van der Waals surface area contributed by atoms with Crippen LogP contribution in [-0.2, 0) is 20.4 Å². The molecule has 3 aromatic rings. The number of anilines is 1. The van der Waals surface area contributed by atoms with E-state index in [0.717, 1.165) is 25.1 Å². The van der Waals surface area contributed by atoms with E-state index in [0.29, 0.717) is 22.3 Å². The number of imidazole rings is 1. The Morgan fingerprint density at radius 2 is 1.64 bits per heavy atom. The highest BCUT2D eigenvalue weighted by Gasteiger charge is 2.55. The first-order chi connectivity index (χ1) is 19.3. The fourth-order valence-electron chi connectivity index (χ4n) is 3.78. The molecule has 2 aromatic heterocycles. The first-order valence-corrected chi connectivity index (χ1v) is 16.8. The maximum Gasteiger partial charge on any atom is 0.398 e. The number of benzene rings is 1. The smallest absolute Gasteiger partial charge is 0.398 e. The number of hydrogen-bond donors (Lipinski definition) is 3. The number of alkyl halides is 6. The van der Waals surface area contributed by atoms with Gasteiger partial charge in [0.2, 0.25) is 26.3 Å². The van der Waals surface area contributed by atoms with Crippen molar-refractivity contribution in [1.29, 1.82) is 0 Å². The predicted octanol–water partition coefficient (Wildman–Crippen LogP) is 5.70. The zero-order valence-electron chi connectivity index (χ0n) is 22.0. The van der Waals surface area contributed by atoms with Gasteiger partial charge in [0.05, 0.1) is 30.5 Å². The topological polar surface area (TPSA) is 163 Å². The van der Waals surface area contributed by atoms with E-state index >= 15 is 0 Å². The van der Waals surface area contributed by atoms with Crippen LogP contribution in [0.5, 0.6) is 5.75 Å². The van der Waals surface area contributed by atoms with Crippen molar-refractivity contribution in [2.75, 3.05) is 24.7 Å². The minimum atomic E-state index is -5.84. The van der Waals surface area contributed by atoms with Gasteiger partial charge in [-0.05, 0) is 25.5 Å². The van der Waals surface area contributed by atoms with Gasteiger partial charge < -0.3 is 29.6 Å². The number of nitrogens with zero attached hydrogens (tertiary/aromatic N) is 4. The second-order valence-corrected chi connectivity index (χ2v) is 15.2. The molecule has 3 rings (SSSR count). The van der Waals surface area contributed by atoms with Crippen molar-refractivity contribution in [1.82, 2.24) is 19.5 Å². The minimum absolute atomic E-state index is 0.0916. The van der Waals surface area contributed by atoms with Crippen LogP contribution in [0, 0.1) is 0 Å². The van der Waals surface area contributed by atoms with Crippen LogP contribution in [0.2, 0.25) is 0 Å². The predicted molar refractivity (Wildman–Crippen MR) is 142 cm³/mol. The van der Waals surface area contributed by atoms with E-state index in [2.05, 4.69) is 15.0 Å². The molecule has 0 saturated heterocycles. The summed E-state index contributed by atoms with van der Waals surface area (Å²) < 4.78 is 115. The minimum Gasteiger partial charge on any atom is -0.492 e. The van der Waals surface area contributed by atoms with Gasteiger partial charge in [-0.2, -0.15) is 31.3 Å². The molecule has 1 aromatic carbocycles. The fourth-order valence-corrected chi connectivity index (χ4v) is 9.62. The average Bonchev–Trinajstić information content (AvgIpc) is 3.21. The van der Waals surface area contributed by atoms with Gasteiger partial charge in [0.1, 0.15) is 28.6 Å². The lowest BCUT2D eigenvalue weighted by Crippen LogP contribution is -2.30. The van der Waals surface area contributed by atoms with Gasteiger partial charge in [0.25, 0.3) is 0 Å². The number of para-hydroxylation sites is 1. The van der Waals surface area contributed by atoms with Crippen LogP contribution in [0.4, 0.5) is 32.3 Å². The van der Waals surface area contributed by atoms with E-state index in [1.807, 2.05) is 6.92 Å². The number of halogens is 6. The molecule has 0 spiro atoms. The molecule has 4 N–H and O–H groups in total. The summed E-state index contributed by atoms with van der Waals surface area (Å²) >= 11 is 1.15. The summed E-state index contributed by atoms with van der Waals surface area (Å²) in [5, 5.41) is 0.297. The molecule has 2 heterocycles. The Hall–Kier alpha value is -2.36.